The van der Waals surface area contributed by atoms with Crippen LogP contribution in [0.4, 0.5) is 17.1 Å². The number of ether oxygens (including phenoxy) is 2. The molecule has 0 aliphatic rings. The van der Waals surface area contributed by atoms with Crippen LogP contribution in [0.25, 0.3) is 4.85 Å². The number of hydrogen-bond acceptors (Lipinski definition) is 6. The number of hydrogen-bond donors (Lipinski definition) is 1. The van der Waals surface area contributed by atoms with Gasteiger partial charge in [0.1, 0.15) is 23.9 Å². The molecule has 0 aliphatic carbocycles. The molecule has 0 amide bonds. The number of furan rings is 1. The molecule has 9 heteroatoms. The molecular formula is C35H33N3O5S. The van der Waals surface area contributed by atoms with Crippen molar-refractivity contribution in [1.82, 2.24) is 0 Å². The first-order valence-corrected chi connectivity index (χ1v) is 15.8. The second kappa shape index (κ2) is 13.8. The minimum Gasteiger partial charge on any atom is -0.489 e. The first-order chi connectivity index (χ1) is 21.3. The average Bonchev–Trinajstić information content (AvgIpc) is 3.56. The Hall–Kier alpha value is -5.20. The van der Waals surface area contributed by atoms with Crippen LogP contribution in [0.5, 0.6) is 17.2 Å². The van der Waals surface area contributed by atoms with Gasteiger partial charge in [0, 0.05) is 30.4 Å². The summed E-state index contributed by atoms with van der Waals surface area (Å²) in [6, 6.07) is 30.4. The summed E-state index contributed by atoms with van der Waals surface area (Å²) in [5.74, 6) is 2.03. The van der Waals surface area contributed by atoms with Crippen molar-refractivity contribution in [2.24, 2.45) is 0 Å². The van der Waals surface area contributed by atoms with Crippen molar-refractivity contribution in [3.63, 3.8) is 0 Å². The smallest absolute Gasteiger partial charge is 0.232 e. The van der Waals surface area contributed by atoms with Gasteiger partial charge in [-0.3, -0.25) is 4.72 Å². The lowest BCUT2D eigenvalue weighted by Gasteiger charge is -2.28. The topological polar surface area (TPSA) is 85.4 Å². The van der Waals surface area contributed by atoms with E-state index in [1.165, 1.54) is 0 Å². The second-order valence-electron chi connectivity index (χ2n) is 10.2. The number of anilines is 2. The molecule has 0 radical (unpaired) electrons. The molecule has 0 fully saturated rings. The Labute approximate surface area is 258 Å². The van der Waals surface area contributed by atoms with Crippen molar-refractivity contribution >= 4 is 27.1 Å². The Bertz CT molecular complexity index is 1830. The summed E-state index contributed by atoms with van der Waals surface area (Å²) >= 11 is 0. The predicted octanol–water partition coefficient (Wildman–Crippen LogP) is 8.48. The van der Waals surface area contributed by atoms with Gasteiger partial charge in [-0.15, -0.1) is 0 Å². The van der Waals surface area contributed by atoms with Gasteiger partial charge in [-0.2, -0.15) is 0 Å². The van der Waals surface area contributed by atoms with Gasteiger partial charge in [0.2, 0.25) is 10.0 Å². The van der Waals surface area contributed by atoms with Gasteiger partial charge >= 0.3 is 0 Å². The molecule has 0 saturated carbocycles. The molecular weight excluding hydrogens is 574 g/mol. The van der Waals surface area contributed by atoms with Crippen molar-refractivity contribution in [3.05, 3.63) is 143 Å². The Morgan fingerprint density at radius 1 is 0.841 bits per heavy atom. The van der Waals surface area contributed by atoms with Crippen LogP contribution >= 0.6 is 0 Å². The number of nitrogens with one attached hydrogen (secondary N) is 1. The lowest BCUT2D eigenvalue weighted by molar-refractivity contribution is 0.303. The van der Waals surface area contributed by atoms with Gasteiger partial charge < -0.3 is 18.8 Å². The highest BCUT2D eigenvalue weighted by atomic mass is 32.2. The maximum Gasteiger partial charge on any atom is 0.232 e. The van der Waals surface area contributed by atoms with Gasteiger partial charge in [-0.25, -0.2) is 13.3 Å². The van der Waals surface area contributed by atoms with Gasteiger partial charge in [-0.1, -0.05) is 48.5 Å². The van der Waals surface area contributed by atoms with Crippen LogP contribution in [0.3, 0.4) is 0 Å². The Morgan fingerprint density at radius 2 is 1.52 bits per heavy atom. The van der Waals surface area contributed by atoms with Crippen LogP contribution in [0.1, 0.15) is 29.2 Å². The van der Waals surface area contributed by atoms with Gasteiger partial charge in [0.05, 0.1) is 30.5 Å². The summed E-state index contributed by atoms with van der Waals surface area (Å²) in [6.45, 7) is 12.3. The quantitative estimate of drug-likeness (QED) is 0.135. The fourth-order valence-corrected chi connectivity index (χ4v) is 5.33. The van der Waals surface area contributed by atoms with Crippen LogP contribution in [-0.4, -0.2) is 14.2 Å². The molecule has 1 heterocycles. The van der Waals surface area contributed by atoms with E-state index < -0.39 is 10.0 Å². The first-order valence-electron chi connectivity index (χ1n) is 14.1. The summed E-state index contributed by atoms with van der Waals surface area (Å²) < 4.78 is 44.4. The zero-order valence-electron chi connectivity index (χ0n) is 24.6. The van der Waals surface area contributed by atoms with Crippen LogP contribution in [0.2, 0.25) is 0 Å². The molecule has 5 aromatic rings. The minimum absolute atomic E-state index is 0.00911. The van der Waals surface area contributed by atoms with Crippen LogP contribution < -0.4 is 19.1 Å². The summed E-state index contributed by atoms with van der Waals surface area (Å²) in [5.41, 5.74) is 5.90. The first kappa shape index (κ1) is 30.3. The largest absolute Gasteiger partial charge is 0.489 e. The highest BCUT2D eigenvalue weighted by Crippen LogP contribution is 2.31. The van der Waals surface area contributed by atoms with Crippen molar-refractivity contribution in [1.29, 1.82) is 0 Å². The predicted molar refractivity (Wildman–Crippen MR) is 173 cm³/mol. The van der Waals surface area contributed by atoms with E-state index in [0.717, 1.165) is 27.9 Å². The molecule has 4 aromatic carbocycles. The Balaban J connectivity index is 1.34. The Morgan fingerprint density at radius 3 is 2.18 bits per heavy atom. The van der Waals surface area contributed by atoms with E-state index in [2.05, 4.69) is 14.5 Å². The summed E-state index contributed by atoms with van der Waals surface area (Å²) in [6.07, 6.45) is 3.27. The molecule has 1 N–H and O–H groups in total. The van der Waals surface area contributed by atoms with Crippen LogP contribution in [0, 0.1) is 13.5 Å². The third-order valence-corrected chi connectivity index (χ3v) is 8.34. The number of rotatable bonds is 13. The average molecular weight is 608 g/mol. The van der Waals surface area contributed by atoms with Gasteiger partial charge in [0.25, 0.3) is 0 Å². The number of benzene rings is 4. The maximum absolute atomic E-state index is 12.3. The molecule has 0 saturated heterocycles. The molecule has 44 heavy (non-hydrogen) atoms. The molecule has 5 rings (SSSR count). The van der Waals surface area contributed by atoms with Crippen molar-refractivity contribution in [2.45, 2.75) is 33.5 Å². The van der Waals surface area contributed by atoms with E-state index in [-0.39, 0.29) is 5.75 Å². The summed E-state index contributed by atoms with van der Waals surface area (Å²) in [7, 11) is -3.43. The molecule has 0 bridgehead atoms. The highest BCUT2D eigenvalue weighted by molar-refractivity contribution is 7.92. The van der Waals surface area contributed by atoms with E-state index in [4.69, 9.17) is 20.5 Å². The molecule has 0 aliphatic heterocycles. The van der Waals surface area contributed by atoms with Crippen LogP contribution in [0.15, 0.2) is 114 Å². The third-order valence-electron chi connectivity index (χ3n) is 7.05. The second-order valence-corrected chi connectivity index (χ2v) is 12.2. The number of sulfonamides is 1. The van der Waals surface area contributed by atoms with Gasteiger partial charge in [0.15, 0.2) is 5.69 Å². The molecule has 1 aromatic heterocycles. The van der Waals surface area contributed by atoms with E-state index in [1.54, 1.807) is 25.5 Å². The van der Waals surface area contributed by atoms with E-state index in [0.29, 0.717) is 48.3 Å². The monoisotopic (exact) mass is 607 g/mol. The lowest BCUT2D eigenvalue weighted by Crippen LogP contribution is -2.24. The fourth-order valence-electron chi connectivity index (χ4n) is 4.63. The molecule has 0 atom stereocenters. The zero-order valence-corrected chi connectivity index (χ0v) is 25.4. The van der Waals surface area contributed by atoms with Crippen molar-refractivity contribution < 1.29 is 22.3 Å². The van der Waals surface area contributed by atoms with Gasteiger partial charge in [-0.05, 0) is 73.0 Å². The lowest BCUT2D eigenvalue weighted by atomic mass is 10.1. The Kier molecular flexibility index (Phi) is 9.52. The standard InChI is InChI=1S/C35H33N3O5S/c1-4-44(39,40)37-34-9-6-10-35(26(34)2)38(22-27-11-15-30(36-3)16-12-27)23-28-13-17-31(18-14-28)43-33-8-5-7-32(21-33)42-25-29-19-20-41-24-29/h5-21,24,37H,4,22-23,25H2,1-2H3. The molecule has 0 spiro atoms. The highest BCUT2D eigenvalue weighted by Gasteiger charge is 2.16. The normalized spacial score (nSPS) is 11.0. The fraction of sp³-hybridized carbons (Fsp3) is 0.171. The molecule has 8 nitrogen and oxygen atoms in total. The van der Waals surface area contributed by atoms with Crippen molar-refractivity contribution in [2.75, 3.05) is 15.4 Å². The van der Waals surface area contributed by atoms with Crippen molar-refractivity contribution in [3.8, 4) is 17.2 Å². The van der Waals surface area contributed by atoms with E-state index >= 15 is 0 Å². The minimum atomic E-state index is -3.43. The van der Waals surface area contributed by atoms with E-state index in [9.17, 15) is 8.42 Å². The van der Waals surface area contributed by atoms with Crippen LogP contribution in [-0.2, 0) is 29.7 Å². The SMILES string of the molecule is [C-]#[N+]c1ccc(CN(Cc2ccc(Oc3cccc(OCc4ccoc4)c3)cc2)c2cccc(NS(=O)(=O)CC)c2C)cc1. The van der Waals surface area contributed by atoms with E-state index in [1.807, 2.05) is 97.9 Å². The maximum atomic E-state index is 12.3. The number of nitrogens with zero attached hydrogens (tertiary/aromatic N) is 2. The summed E-state index contributed by atoms with van der Waals surface area (Å²) in [4.78, 5) is 5.69. The third kappa shape index (κ3) is 8.00. The molecule has 224 valence electrons. The molecule has 0 unspecified atom stereocenters. The summed E-state index contributed by atoms with van der Waals surface area (Å²) in [5, 5.41) is 0. The zero-order chi connectivity index (χ0) is 30.9.